The van der Waals surface area contributed by atoms with Gasteiger partial charge in [0.1, 0.15) is 0 Å². The largest absolute Gasteiger partial charge is 0.454 e. The Hall–Kier alpha value is -0.680. The Morgan fingerprint density at radius 2 is 1.72 bits per heavy atom. The molecule has 1 saturated heterocycles. The lowest BCUT2D eigenvalue weighted by Crippen LogP contribution is -2.46. The zero-order chi connectivity index (χ0) is 11.0. The lowest BCUT2D eigenvalue weighted by atomic mass is 9.82. The standard InChI is InChI=1S/C12H16N2O2.2ClH/c13-12(3-5-14-6-4-12)9-1-2-10-11(7-9)16-8-15-10;;/h1-2,7,14H,3-6,8,13H2;2*1H. The van der Waals surface area contributed by atoms with Crippen molar-refractivity contribution in [1.82, 2.24) is 5.32 Å². The van der Waals surface area contributed by atoms with Gasteiger partial charge in [0, 0.05) is 5.54 Å². The van der Waals surface area contributed by atoms with E-state index in [1.54, 1.807) is 0 Å². The molecule has 1 fully saturated rings. The smallest absolute Gasteiger partial charge is 0.231 e. The van der Waals surface area contributed by atoms with Crippen molar-refractivity contribution in [2.45, 2.75) is 18.4 Å². The normalized spacial score (nSPS) is 19.6. The predicted octanol–water partition coefficient (Wildman–Crippen LogP) is 1.80. The second kappa shape index (κ2) is 5.97. The van der Waals surface area contributed by atoms with Crippen LogP contribution in [0.2, 0.25) is 0 Å². The second-order valence-electron chi connectivity index (χ2n) is 4.47. The third kappa shape index (κ3) is 2.67. The van der Waals surface area contributed by atoms with Crippen LogP contribution in [0.15, 0.2) is 18.2 Å². The summed E-state index contributed by atoms with van der Waals surface area (Å²) < 4.78 is 10.7. The number of nitrogens with two attached hydrogens (primary N) is 1. The molecule has 0 aliphatic carbocycles. The molecule has 102 valence electrons. The minimum Gasteiger partial charge on any atom is -0.454 e. The molecule has 0 atom stereocenters. The number of rotatable bonds is 1. The van der Waals surface area contributed by atoms with Crippen molar-refractivity contribution in [2.75, 3.05) is 19.9 Å². The van der Waals surface area contributed by atoms with Gasteiger partial charge in [0.05, 0.1) is 0 Å². The van der Waals surface area contributed by atoms with Crippen LogP contribution in [0.25, 0.3) is 0 Å². The van der Waals surface area contributed by atoms with Crippen molar-refractivity contribution in [3.8, 4) is 11.5 Å². The summed E-state index contributed by atoms with van der Waals surface area (Å²) in [5, 5.41) is 3.33. The van der Waals surface area contributed by atoms with Crippen molar-refractivity contribution >= 4 is 24.8 Å². The van der Waals surface area contributed by atoms with E-state index >= 15 is 0 Å². The molecular formula is C12H18Cl2N2O2. The maximum absolute atomic E-state index is 6.44. The van der Waals surface area contributed by atoms with E-state index in [-0.39, 0.29) is 30.4 Å². The van der Waals surface area contributed by atoms with Gasteiger partial charge in [-0.05, 0) is 43.6 Å². The molecule has 0 saturated carbocycles. The van der Waals surface area contributed by atoms with Gasteiger partial charge in [-0.15, -0.1) is 24.8 Å². The van der Waals surface area contributed by atoms with E-state index < -0.39 is 0 Å². The molecule has 4 nitrogen and oxygen atoms in total. The lowest BCUT2D eigenvalue weighted by Gasteiger charge is -2.34. The van der Waals surface area contributed by atoms with Crippen molar-refractivity contribution in [2.24, 2.45) is 5.73 Å². The van der Waals surface area contributed by atoms with Crippen LogP contribution < -0.4 is 20.5 Å². The van der Waals surface area contributed by atoms with Crippen molar-refractivity contribution in [3.63, 3.8) is 0 Å². The average molecular weight is 293 g/mol. The molecular weight excluding hydrogens is 275 g/mol. The van der Waals surface area contributed by atoms with Gasteiger partial charge in [-0.3, -0.25) is 0 Å². The number of fused-ring (bicyclic) bond motifs is 1. The molecule has 2 aliphatic rings. The van der Waals surface area contributed by atoms with Gasteiger partial charge in [-0.1, -0.05) is 6.07 Å². The van der Waals surface area contributed by atoms with Crippen LogP contribution in [0.4, 0.5) is 0 Å². The van der Waals surface area contributed by atoms with E-state index in [0.717, 1.165) is 43.0 Å². The van der Waals surface area contributed by atoms with Crippen molar-refractivity contribution in [3.05, 3.63) is 23.8 Å². The second-order valence-corrected chi connectivity index (χ2v) is 4.47. The van der Waals surface area contributed by atoms with Gasteiger partial charge < -0.3 is 20.5 Å². The number of hydrogen-bond donors (Lipinski definition) is 2. The highest BCUT2D eigenvalue weighted by Crippen LogP contribution is 2.37. The number of benzene rings is 1. The molecule has 2 aliphatic heterocycles. The minimum absolute atomic E-state index is 0. The van der Waals surface area contributed by atoms with Crippen LogP contribution in [0, 0.1) is 0 Å². The summed E-state index contributed by atoms with van der Waals surface area (Å²) in [7, 11) is 0. The zero-order valence-electron chi connectivity index (χ0n) is 9.98. The topological polar surface area (TPSA) is 56.5 Å². The zero-order valence-corrected chi connectivity index (χ0v) is 11.6. The molecule has 2 heterocycles. The van der Waals surface area contributed by atoms with Gasteiger partial charge in [0.25, 0.3) is 0 Å². The molecule has 0 bridgehead atoms. The van der Waals surface area contributed by atoms with E-state index in [1.807, 2.05) is 12.1 Å². The lowest BCUT2D eigenvalue weighted by molar-refractivity contribution is 0.174. The van der Waals surface area contributed by atoms with E-state index in [1.165, 1.54) is 0 Å². The number of hydrogen-bond acceptors (Lipinski definition) is 4. The molecule has 0 aromatic heterocycles. The SMILES string of the molecule is Cl.Cl.NC1(c2ccc3c(c2)OCO3)CCNCC1. The van der Waals surface area contributed by atoms with E-state index in [4.69, 9.17) is 15.2 Å². The Labute approximate surface area is 119 Å². The highest BCUT2D eigenvalue weighted by molar-refractivity contribution is 5.85. The van der Waals surface area contributed by atoms with Gasteiger partial charge in [-0.25, -0.2) is 0 Å². The summed E-state index contributed by atoms with van der Waals surface area (Å²) in [5.74, 6) is 1.64. The van der Waals surface area contributed by atoms with E-state index in [9.17, 15) is 0 Å². The number of halogens is 2. The Morgan fingerprint density at radius 3 is 2.44 bits per heavy atom. The maximum Gasteiger partial charge on any atom is 0.231 e. The number of ether oxygens (including phenoxy) is 2. The molecule has 0 spiro atoms. The predicted molar refractivity (Wildman–Crippen MR) is 75.0 cm³/mol. The molecule has 0 radical (unpaired) electrons. The first-order chi connectivity index (χ1) is 7.78. The van der Waals surface area contributed by atoms with Crippen LogP contribution >= 0.6 is 24.8 Å². The molecule has 0 unspecified atom stereocenters. The molecule has 18 heavy (non-hydrogen) atoms. The molecule has 3 N–H and O–H groups in total. The molecule has 3 rings (SSSR count). The van der Waals surface area contributed by atoms with Gasteiger partial charge in [0.15, 0.2) is 11.5 Å². The van der Waals surface area contributed by atoms with Crippen LogP contribution in [-0.4, -0.2) is 19.9 Å². The fraction of sp³-hybridized carbons (Fsp3) is 0.500. The Bertz CT molecular complexity index is 409. The Kier molecular flexibility index (Phi) is 5.10. The van der Waals surface area contributed by atoms with Crippen LogP contribution in [0.1, 0.15) is 18.4 Å². The fourth-order valence-corrected chi connectivity index (χ4v) is 2.37. The molecule has 1 aromatic carbocycles. The fourth-order valence-electron chi connectivity index (χ4n) is 2.37. The minimum atomic E-state index is -0.216. The summed E-state index contributed by atoms with van der Waals surface area (Å²) in [6.07, 6.45) is 1.93. The third-order valence-electron chi connectivity index (χ3n) is 3.44. The number of nitrogens with one attached hydrogen (secondary N) is 1. The summed E-state index contributed by atoms with van der Waals surface area (Å²) in [4.78, 5) is 0. The van der Waals surface area contributed by atoms with E-state index in [0.29, 0.717) is 6.79 Å². The van der Waals surface area contributed by atoms with Crippen LogP contribution in [0.5, 0.6) is 11.5 Å². The quantitative estimate of drug-likeness (QED) is 0.829. The first kappa shape index (κ1) is 15.4. The Balaban J connectivity index is 0.000000810. The maximum atomic E-state index is 6.44. The summed E-state index contributed by atoms with van der Waals surface area (Å²) in [6, 6.07) is 6.03. The molecule has 0 amide bonds. The highest BCUT2D eigenvalue weighted by atomic mass is 35.5. The van der Waals surface area contributed by atoms with Crippen LogP contribution in [-0.2, 0) is 5.54 Å². The van der Waals surface area contributed by atoms with Crippen molar-refractivity contribution < 1.29 is 9.47 Å². The first-order valence-electron chi connectivity index (χ1n) is 5.68. The van der Waals surface area contributed by atoms with Crippen molar-refractivity contribution in [1.29, 1.82) is 0 Å². The van der Waals surface area contributed by atoms with Gasteiger partial charge in [0.2, 0.25) is 6.79 Å². The highest BCUT2D eigenvalue weighted by Gasteiger charge is 2.30. The van der Waals surface area contributed by atoms with Gasteiger partial charge >= 0.3 is 0 Å². The van der Waals surface area contributed by atoms with Crippen LogP contribution in [0.3, 0.4) is 0 Å². The van der Waals surface area contributed by atoms with Gasteiger partial charge in [-0.2, -0.15) is 0 Å². The summed E-state index contributed by atoms with van der Waals surface area (Å²) in [6.45, 7) is 2.27. The number of piperidine rings is 1. The average Bonchev–Trinajstić information content (AvgIpc) is 2.77. The summed E-state index contributed by atoms with van der Waals surface area (Å²) in [5.41, 5.74) is 7.37. The molecule has 6 heteroatoms. The third-order valence-corrected chi connectivity index (χ3v) is 3.44. The summed E-state index contributed by atoms with van der Waals surface area (Å²) >= 11 is 0. The monoisotopic (exact) mass is 292 g/mol. The molecule has 1 aromatic rings. The Morgan fingerprint density at radius 1 is 1.06 bits per heavy atom. The van der Waals surface area contributed by atoms with E-state index in [2.05, 4.69) is 11.4 Å². The first-order valence-corrected chi connectivity index (χ1v) is 5.68.